The second-order valence-corrected chi connectivity index (χ2v) is 5.88. The monoisotopic (exact) mass is 294 g/mol. The second-order valence-electron chi connectivity index (χ2n) is 5.88. The van der Waals surface area contributed by atoms with Crippen LogP contribution >= 0.6 is 0 Å². The summed E-state index contributed by atoms with van der Waals surface area (Å²) in [6, 6.07) is 18.1. The standard InChI is InChI=1S/C19H22N2O/c1-15-9-7-8-14-21(15)19(22)17-12-5-6-13-18(17)20-16-10-3-2-4-11-16/h2-6,10-13,15,20H,7-9,14H2,1H3. The van der Waals surface area contributed by atoms with Crippen molar-refractivity contribution in [3.63, 3.8) is 0 Å². The largest absolute Gasteiger partial charge is 0.355 e. The molecule has 1 amide bonds. The molecular formula is C19H22N2O. The van der Waals surface area contributed by atoms with Gasteiger partial charge in [-0.05, 0) is 50.5 Å². The van der Waals surface area contributed by atoms with Crippen LogP contribution in [-0.4, -0.2) is 23.4 Å². The Morgan fingerprint density at radius 3 is 2.55 bits per heavy atom. The summed E-state index contributed by atoms with van der Waals surface area (Å²) in [5, 5.41) is 3.36. The minimum atomic E-state index is 0.131. The Morgan fingerprint density at radius 1 is 1.05 bits per heavy atom. The van der Waals surface area contributed by atoms with Gasteiger partial charge >= 0.3 is 0 Å². The molecule has 0 aliphatic carbocycles. The molecule has 0 aromatic heterocycles. The van der Waals surface area contributed by atoms with Gasteiger partial charge in [-0.1, -0.05) is 30.3 Å². The molecule has 1 heterocycles. The van der Waals surface area contributed by atoms with Gasteiger partial charge in [0.15, 0.2) is 0 Å². The molecule has 1 fully saturated rings. The van der Waals surface area contributed by atoms with Crippen LogP contribution in [0.25, 0.3) is 0 Å². The summed E-state index contributed by atoms with van der Waals surface area (Å²) in [6.07, 6.45) is 3.42. The van der Waals surface area contributed by atoms with Gasteiger partial charge in [0.05, 0.1) is 11.3 Å². The van der Waals surface area contributed by atoms with Gasteiger partial charge in [-0.25, -0.2) is 0 Å². The Hall–Kier alpha value is -2.29. The third kappa shape index (κ3) is 3.14. The first-order chi connectivity index (χ1) is 10.8. The van der Waals surface area contributed by atoms with Gasteiger partial charge in [-0.3, -0.25) is 4.79 Å². The highest BCUT2D eigenvalue weighted by Gasteiger charge is 2.25. The van der Waals surface area contributed by atoms with Crippen molar-refractivity contribution in [2.75, 3.05) is 11.9 Å². The Morgan fingerprint density at radius 2 is 1.77 bits per heavy atom. The van der Waals surface area contributed by atoms with E-state index in [-0.39, 0.29) is 5.91 Å². The summed E-state index contributed by atoms with van der Waals surface area (Å²) < 4.78 is 0. The average Bonchev–Trinajstić information content (AvgIpc) is 2.56. The van der Waals surface area contributed by atoms with Crippen molar-refractivity contribution in [3.05, 3.63) is 60.2 Å². The molecular weight excluding hydrogens is 272 g/mol. The Balaban J connectivity index is 1.86. The molecule has 2 aromatic rings. The van der Waals surface area contributed by atoms with Crippen LogP contribution in [0, 0.1) is 0 Å². The summed E-state index contributed by atoms with van der Waals surface area (Å²) in [4.78, 5) is 14.9. The molecule has 0 bridgehead atoms. The molecule has 1 unspecified atom stereocenters. The van der Waals surface area contributed by atoms with Gasteiger partial charge in [0, 0.05) is 18.3 Å². The van der Waals surface area contributed by atoms with E-state index in [1.165, 1.54) is 6.42 Å². The van der Waals surface area contributed by atoms with Crippen molar-refractivity contribution in [2.24, 2.45) is 0 Å². The van der Waals surface area contributed by atoms with Crippen LogP contribution < -0.4 is 5.32 Å². The van der Waals surface area contributed by atoms with Crippen molar-refractivity contribution in [1.82, 2.24) is 4.90 Å². The van der Waals surface area contributed by atoms with Crippen LogP contribution in [0.3, 0.4) is 0 Å². The molecule has 3 nitrogen and oxygen atoms in total. The van der Waals surface area contributed by atoms with Crippen LogP contribution in [0.5, 0.6) is 0 Å². The molecule has 114 valence electrons. The number of nitrogens with one attached hydrogen (secondary N) is 1. The smallest absolute Gasteiger partial charge is 0.256 e. The third-order valence-electron chi connectivity index (χ3n) is 4.27. The molecule has 22 heavy (non-hydrogen) atoms. The zero-order chi connectivity index (χ0) is 15.4. The molecule has 1 aliphatic rings. The lowest BCUT2D eigenvalue weighted by atomic mass is 10.0. The maximum absolute atomic E-state index is 12.9. The number of hydrogen-bond acceptors (Lipinski definition) is 2. The molecule has 3 rings (SSSR count). The number of benzene rings is 2. The van der Waals surface area contributed by atoms with Crippen LogP contribution in [0.15, 0.2) is 54.6 Å². The van der Waals surface area contributed by atoms with E-state index in [0.29, 0.717) is 6.04 Å². The van der Waals surface area contributed by atoms with E-state index in [1.807, 2.05) is 59.5 Å². The number of nitrogens with zero attached hydrogens (tertiary/aromatic N) is 1. The number of carbonyl (C=O) groups is 1. The van der Waals surface area contributed by atoms with E-state index in [2.05, 4.69) is 12.2 Å². The first-order valence-electron chi connectivity index (χ1n) is 7.98. The van der Waals surface area contributed by atoms with Crippen LogP contribution in [0.1, 0.15) is 36.5 Å². The van der Waals surface area contributed by atoms with Crippen molar-refractivity contribution < 1.29 is 4.79 Å². The topological polar surface area (TPSA) is 32.3 Å². The van der Waals surface area contributed by atoms with Gasteiger partial charge < -0.3 is 10.2 Å². The molecule has 2 aromatic carbocycles. The van der Waals surface area contributed by atoms with Gasteiger partial charge in [-0.15, -0.1) is 0 Å². The summed E-state index contributed by atoms with van der Waals surface area (Å²) in [5.74, 6) is 0.131. The number of rotatable bonds is 3. The Bertz CT molecular complexity index is 639. The van der Waals surface area contributed by atoms with E-state index in [1.54, 1.807) is 0 Å². The number of para-hydroxylation sites is 2. The maximum Gasteiger partial charge on any atom is 0.256 e. The molecule has 1 aliphatic heterocycles. The van der Waals surface area contributed by atoms with Crippen molar-refractivity contribution >= 4 is 17.3 Å². The van der Waals surface area contributed by atoms with E-state index >= 15 is 0 Å². The van der Waals surface area contributed by atoms with E-state index in [9.17, 15) is 4.79 Å². The Labute approximate surface area is 132 Å². The minimum absolute atomic E-state index is 0.131. The number of hydrogen-bond donors (Lipinski definition) is 1. The zero-order valence-corrected chi connectivity index (χ0v) is 13.0. The molecule has 0 radical (unpaired) electrons. The predicted molar refractivity (Wildman–Crippen MR) is 90.5 cm³/mol. The fourth-order valence-electron chi connectivity index (χ4n) is 3.01. The Kier molecular flexibility index (Phi) is 4.42. The lowest BCUT2D eigenvalue weighted by Gasteiger charge is -2.34. The predicted octanol–water partition coefficient (Wildman–Crippen LogP) is 4.44. The van der Waals surface area contributed by atoms with Crippen molar-refractivity contribution in [1.29, 1.82) is 0 Å². The summed E-state index contributed by atoms with van der Waals surface area (Å²) >= 11 is 0. The average molecular weight is 294 g/mol. The van der Waals surface area contributed by atoms with Gasteiger partial charge in [0.2, 0.25) is 0 Å². The van der Waals surface area contributed by atoms with Crippen molar-refractivity contribution in [3.8, 4) is 0 Å². The molecule has 0 spiro atoms. The highest BCUT2D eigenvalue weighted by atomic mass is 16.2. The lowest BCUT2D eigenvalue weighted by Crippen LogP contribution is -2.42. The molecule has 1 N–H and O–H groups in total. The van der Waals surface area contributed by atoms with Gasteiger partial charge in [-0.2, -0.15) is 0 Å². The molecule has 1 atom stereocenters. The summed E-state index contributed by atoms with van der Waals surface area (Å²) in [7, 11) is 0. The number of likely N-dealkylation sites (tertiary alicyclic amines) is 1. The fraction of sp³-hybridized carbons (Fsp3) is 0.316. The van der Waals surface area contributed by atoms with E-state index in [4.69, 9.17) is 0 Å². The molecule has 3 heteroatoms. The highest BCUT2D eigenvalue weighted by molar-refractivity contribution is 6.00. The number of carbonyl (C=O) groups excluding carboxylic acids is 1. The van der Waals surface area contributed by atoms with Gasteiger partial charge in [0.1, 0.15) is 0 Å². The summed E-state index contributed by atoms with van der Waals surface area (Å²) in [5.41, 5.74) is 2.62. The summed E-state index contributed by atoms with van der Waals surface area (Å²) in [6.45, 7) is 3.00. The van der Waals surface area contributed by atoms with Crippen LogP contribution in [-0.2, 0) is 0 Å². The first kappa shape index (κ1) is 14.6. The fourth-order valence-corrected chi connectivity index (χ4v) is 3.01. The molecule has 1 saturated heterocycles. The number of piperidine rings is 1. The molecule has 0 saturated carbocycles. The third-order valence-corrected chi connectivity index (χ3v) is 4.27. The van der Waals surface area contributed by atoms with Crippen LogP contribution in [0.4, 0.5) is 11.4 Å². The highest BCUT2D eigenvalue weighted by Crippen LogP contribution is 2.25. The first-order valence-corrected chi connectivity index (χ1v) is 7.98. The quantitative estimate of drug-likeness (QED) is 0.907. The zero-order valence-electron chi connectivity index (χ0n) is 13.0. The number of amides is 1. The lowest BCUT2D eigenvalue weighted by molar-refractivity contribution is 0.0636. The van der Waals surface area contributed by atoms with Crippen molar-refractivity contribution in [2.45, 2.75) is 32.2 Å². The van der Waals surface area contributed by atoms with E-state index in [0.717, 1.165) is 36.3 Å². The second kappa shape index (κ2) is 6.65. The normalized spacial score (nSPS) is 18.0. The number of anilines is 2. The maximum atomic E-state index is 12.9. The van der Waals surface area contributed by atoms with Crippen LogP contribution in [0.2, 0.25) is 0 Å². The SMILES string of the molecule is CC1CCCCN1C(=O)c1ccccc1Nc1ccccc1. The minimum Gasteiger partial charge on any atom is -0.355 e. The van der Waals surface area contributed by atoms with Gasteiger partial charge in [0.25, 0.3) is 5.91 Å². The van der Waals surface area contributed by atoms with E-state index < -0.39 is 0 Å².